The maximum atomic E-state index is 9.84. The van der Waals surface area contributed by atoms with Gasteiger partial charge in [0.25, 0.3) is 0 Å². The number of fused-ring (bicyclic) bond motifs is 1. The van der Waals surface area contributed by atoms with Crippen molar-refractivity contribution in [3.63, 3.8) is 0 Å². The highest BCUT2D eigenvalue weighted by Gasteiger charge is 2.29. The van der Waals surface area contributed by atoms with Gasteiger partial charge >= 0.3 is 0 Å². The van der Waals surface area contributed by atoms with E-state index in [2.05, 4.69) is 24.0 Å². The number of aliphatic hydroxyl groups excluding tert-OH is 1. The van der Waals surface area contributed by atoms with E-state index < -0.39 is 0 Å². The number of hydrogen-bond donors (Lipinski definition) is 2. The molecule has 0 aliphatic heterocycles. The molecule has 2 N–H and O–H groups in total. The molecule has 1 aromatic carbocycles. The topological polar surface area (TPSA) is 32.3 Å². The van der Waals surface area contributed by atoms with Crippen molar-refractivity contribution in [3.05, 3.63) is 48.0 Å². The van der Waals surface area contributed by atoms with Crippen molar-refractivity contribution in [2.75, 3.05) is 6.54 Å². The third-order valence-corrected chi connectivity index (χ3v) is 2.69. The van der Waals surface area contributed by atoms with E-state index in [4.69, 9.17) is 0 Å². The largest absolute Gasteiger partial charge is 0.391 e. The van der Waals surface area contributed by atoms with Gasteiger partial charge in [-0.1, -0.05) is 30.3 Å². The lowest BCUT2D eigenvalue weighted by Crippen LogP contribution is -2.28. The van der Waals surface area contributed by atoms with Crippen LogP contribution in [-0.4, -0.2) is 17.8 Å². The molecule has 14 heavy (non-hydrogen) atoms. The molecule has 0 saturated heterocycles. The van der Waals surface area contributed by atoms with Gasteiger partial charge in [-0.05, 0) is 11.1 Å². The molecule has 0 bridgehead atoms. The Kier molecular flexibility index (Phi) is 2.66. The number of benzene rings is 1. The molecule has 2 rings (SSSR count). The smallest absolute Gasteiger partial charge is 0.0775 e. The first kappa shape index (κ1) is 9.44. The average Bonchev–Trinajstić information content (AvgIpc) is 2.51. The first-order chi connectivity index (χ1) is 6.83. The Balaban J connectivity index is 2.21. The third kappa shape index (κ3) is 1.59. The molecule has 2 atom stereocenters. The van der Waals surface area contributed by atoms with Crippen LogP contribution in [-0.2, 0) is 6.42 Å². The molecule has 2 unspecified atom stereocenters. The van der Waals surface area contributed by atoms with Crippen LogP contribution in [0.15, 0.2) is 36.9 Å². The summed E-state index contributed by atoms with van der Waals surface area (Å²) in [5.74, 6) is 0. The molecule has 1 aliphatic carbocycles. The maximum Gasteiger partial charge on any atom is 0.0775 e. The van der Waals surface area contributed by atoms with Crippen LogP contribution in [0.4, 0.5) is 0 Å². The van der Waals surface area contributed by atoms with Crippen LogP contribution >= 0.6 is 0 Å². The van der Waals surface area contributed by atoms with Crippen LogP contribution < -0.4 is 5.32 Å². The van der Waals surface area contributed by atoms with Crippen molar-refractivity contribution in [2.24, 2.45) is 0 Å². The fraction of sp³-hybridized carbons (Fsp3) is 0.333. The van der Waals surface area contributed by atoms with Crippen LogP contribution in [0.25, 0.3) is 0 Å². The minimum Gasteiger partial charge on any atom is -0.391 e. The summed E-state index contributed by atoms with van der Waals surface area (Å²) < 4.78 is 0. The van der Waals surface area contributed by atoms with Gasteiger partial charge in [-0.25, -0.2) is 0 Å². The molecular formula is C12H15NO. The predicted octanol–water partition coefficient (Wildman–Crippen LogP) is 1.42. The van der Waals surface area contributed by atoms with E-state index in [1.165, 1.54) is 11.1 Å². The molecule has 0 amide bonds. The molecule has 0 fully saturated rings. The van der Waals surface area contributed by atoms with E-state index >= 15 is 0 Å². The van der Waals surface area contributed by atoms with Crippen LogP contribution in [0.1, 0.15) is 17.2 Å². The minimum absolute atomic E-state index is 0.0733. The molecule has 0 radical (unpaired) electrons. The van der Waals surface area contributed by atoms with Gasteiger partial charge in [0, 0.05) is 13.0 Å². The fourth-order valence-electron chi connectivity index (χ4n) is 2.03. The summed E-state index contributed by atoms with van der Waals surface area (Å²) >= 11 is 0. The summed E-state index contributed by atoms with van der Waals surface area (Å²) in [7, 11) is 0. The minimum atomic E-state index is -0.299. The average molecular weight is 189 g/mol. The standard InChI is InChI=1S/C12H15NO/c1-2-7-13-12-10-6-4-3-5-9(10)8-11(12)14/h2-6,11-14H,1,7-8H2. The number of aliphatic hydroxyl groups is 1. The Morgan fingerprint density at radius 1 is 1.50 bits per heavy atom. The zero-order valence-electron chi connectivity index (χ0n) is 8.11. The summed E-state index contributed by atoms with van der Waals surface area (Å²) in [6, 6.07) is 8.26. The Bertz CT molecular complexity index is 335. The molecule has 74 valence electrons. The van der Waals surface area contributed by atoms with Gasteiger partial charge in [0.05, 0.1) is 12.1 Å². The molecule has 1 aromatic rings. The van der Waals surface area contributed by atoms with Crippen LogP contribution in [0.5, 0.6) is 0 Å². The predicted molar refractivity (Wildman–Crippen MR) is 57.1 cm³/mol. The molecule has 2 nitrogen and oxygen atoms in total. The highest BCUT2D eigenvalue weighted by Crippen LogP contribution is 2.30. The molecule has 2 heteroatoms. The van der Waals surface area contributed by atoms with E-state index in [1.54, 1.807) is 0 Å². The number of nitrogens with one attached hydrogen (secondary N) is 1. The molecule has 0 spiro atoms. The molecule has 0 aromatic heterocycles. The second-order valence-corrected chi connectivity index (χ2v) is 3.64. The van der Waals surface area contributed by atoms with E-state index in [0.29, 0.717) is 0 Å². The number of hydrogen-bond acceptors (Lipinski definition) is 2. The van der Waals surface area contributed by atoms with Gasteiger partial charge < -0.3 is 10.4 Å². The van der Waals surface area contributed by atoms with Crippen molar-refractivity contribution in [3.8, 4) is 0 Å². The SMILES string of the molecule is C=CCNC1c2ccccc2CC1O. The Labute approximate surface area is 84.3 Å². The van der Waals surface area contributed by atoms with Crippen molar-refractivity contribution < 1.29 is 5.11 Å². The van der Waals surface area contributed by atoms with Gasteiger partial charge in [0.1, 0.15) is 0 Å². The quantitative estimate of drug-likeness (QED) is 0.705. The molecular weight excluding hydrogens is 174 g/mol. The second kappa shape index (κ2) is 3.95. The summed E-state index contributed by atoms with van der Waals surface area (Å²) in [6.07, 6.45) is 2.27. The van der Waals surface area contributed by atoms with Crippen LogP contribution in [0, 0.1) is 0 Å². The van der Waals surface area contributed by atoms with E-state index in [-0.39, 0.29) is 12.1 Å². The van der Waals surface area contributed by atoms with Crippen LogP contribution in [0.3, 0.4) is 0 Å². The fourth-order valence-corrected chi connectivity index (χ4v) is 2.03. The normalized spacial score (nSPS) is 24.6. The van der Waals surface area contributed by atoms with Crippen molar-refractivity contribution in [1.82, 2.24) is 5.32 Å². The zero-order valence-corrected chi connectivity index (χ0v) is 8.11. The van der Waals surface area contributed by atoms with E-state index in [9.17, 15) is 5.11 Å². The van der Waals surface area contributed by atoms with Gasteiger partial charge in [0.15, 0.2) is 0 Å². The monoisotopic (exact) mass is 189 g/mol. The maximum absolute atomic E-state index is 9.84. The molecule has 0 heterocycles. The summed E-state index contributed by atoms with van der Waals surface area (Å²) in [5.41, 5.74) is 2.48. The van der Waals surface area contributed by atoms with Gasteiger partial charge in [-0.3, -0.25) is 0 Å². The lowest BCUT2D eigenvalue weighted by atomic mass is 10.1. The van der Waals surface area contributed by atoms with Crippen molar-refractivity contribution >= 4 is 0 Å². The molecule has 1 aliphatic rings. The first-order valence-electron chi connectivity index (χ1n) is 4.93. The highest BCUT2D eigenvalue weighted by atomic mass is 16.3. The Morgan fingerprint density at radius 2 is 2.29 bits per heavy atom. The third-order valence-electron chi connectivity index (χ3n) is 2.69. The summed E-state index contributed by atoms with van der Waals surface area (Å²) in [5, 5.41) is 13.1. The lowest BCUT2D eigenvalue weighted by Gasteiger charge is -2.16. The van der Waals surface area contributed by atoms with E-state index in [1.807, 2.05) is 18.2 Å². The van der Waals surface area contributed by atoms with Gasteiger partial charge in [-0.2, -0.15) is 0 Å². The van der Waals surface area contributed by atoms with Gasteiger partial charge in [0.2, 0.25) is 0 Å². The zero-order chi connectivity index (χ0) is 9.97. The summed E-state index contributed by atoms with van der Waals surface area (Å²) in [6.45, 7) is 4.39. The lowest BCUT2D eigenvalue weighted by molar-refractivity contribution is 0.143. The second-order valence-electron chi connectivity index (χ2n) is 3.64. The van der Waals surface area contributed by atoms with Gasteiger partial charge in [-0.15, -0.1) is 6.58 Å². The van der Waals surface area contributed by atoms with Crippen molar-refractivity contribution in [1.29, 1.82) is 0 Å². The Morgan fingerprint density at radius 3 is 3.07 bits per heavy atom. The molecule has 0 saturated carbocycles. The van der Waals surface area contributed by atoms with Crippen molar-refractivity contribution in [2.45, 2.75) is 18.6 Å². The van der Waals surface area contributed by atoms with E-state index in [0.717, 1.165) is 13.0 Å². The summed E-state index contributed by atoms with van der Waals surface area (Å²) in [4.78, 5) is 0. The Hall–Kier alpha value is -1.12. The highest BCUT2D eigenvalue weighted by molar-refractivity contribution is 5.36. The first-order valence-corrected chi connectivity index (χ1v) is 4.93. The van der Waals surface area contributed by atoms with Crippen LogP contribution in [0.2, 0.25) is 0 Å². The number of rotatable bonds is 3.